The third-order valence-corrected chi connectivity index (χ3v) is 12.4. The molecule has 11 aromatic rings. The highest BCUT2D eigenvalue weighted by Crippen LogP contribution is 2.52. The van der Waals surface area contributed by atoms with Crippen molar-refractivity contribution >= 4 is 84.8 Å². The highest BCUT2D eigenvalue weighted by Gasteiger charge is 2.24. The maximum atomic E-state index is 5.10. The van der Waals surface area contributed by atoms with Crippen molar-refractivity contribution in [2.24, 2.45) is 0 Å². The number of para-hydroxylation sites is 1. The summed E-state index contributed by atoms with van der Waals surface area (Å²) in [6.07, 6.45) is 0. The molecular formula is C46H27N3S2. The van der Waals surface area contributed by atoms with E-state index in [1.165, 1.54) is 62.2 Å². The highest BCUT2D eigenvalue weighted by molar-refractivity contribution is 7.30. The molecule has 4 heterocycles. The van der Waals surface area contributed by atoms with Gasteiger partial charge in [-0.1, -0.05) is 127 Å². The first-order valence-corrected chi connectivity index (χ1v) is 18.7. The minimum Gasteiger partial charge on any atom is -0.309 e. The molecule has 0 atom stereocenters. The van der Waals surface area contributed by atoms with Crippen molar-refractivity contribution in [3.05, 3.63) is 164 Å². The molecule has 0 spiro atoms. The van der Waals surface area contributed by atoms with Crippen LogP contribution >= 0.6 is 22.7 Å². The maximum absolute atomic E-state index is 5.10. The molecule has 0 saturated heterocycles. The summed E-state index contributed by atoms with van der Waals surface area (Å²) in [5.41, 5.74) is 8.53. The molecule has 0 radical (unpaired) electrons. The van der Waals surface area contributed by atoms with Gasteiger partial charge >= 0.3 is 0 Å². The molecule has 11 rings (SSSR count). The van der Waals surface area contributed by atoms with Crippen molar-refractivity contribution in [3.8, 4) is 39.6 Å². The van der Waals surface area contributed by atoms with Crippen LogP contribution in [0.25, 0.3) is 102 Å². The number of benzene rings is 7. The highest BCUT2D eigenvalue weighted by atomic mass is 32.1. The standard InChI is InChI=1S/C46H27N3S2/c1-3-13-28(14-4-1)35-27-36(48-46(47-35)30-15-5-2-6-16-30)29-23-25-31(26-24-29)49-37-20-10-7-17-32(37)40-43(49)41-33-18-8-11-21-38(33)50-45(41)42-34-19-9-12-22-39(34)51-44(40)42/h1-27H. The van der Waals surface area contributed by atoms with Gasteiger partial charge in [0.1, 0.15) is 0 Å². The zero-order valence-electron chi connectivity index (χ0n) is 27.2. The van der Waals surface area contributed by atoms with E-state index in [-0.39, 0.29) is 0 Å². The molecule has 0 unspecified atom stereocenters. The Kier molecular flexibility index (Phi) is 6.29. The Labute approximate surface area is 301 Å². The first kappa shape index (κ1) is 28.7. The Hall–Kier alpha value is -6.14. The van der Waals surface area contributed by atoms with Crippen LogP contribution in [0.15, 0.2) is 164 Å². The van der Waals surface area contributed by atoms with Crippen molar-refractivity contribution in [1.82, 2.24) is 14.5 Å². The smallest absolute Gasteiger partial charge is 0.160 e. The molecule has 0 bridgehead atoms. The normalized spacial score (nSPS) is 11.9. The second-order valence-corrected chi connectivity index (χ2v) is 15.0. The van der Waals surface area contributed by atoms with Crippen molar-refractivity contribution in [2.45, 2.75) is 0 Å². The molecule has 0 N–H and O–H groups in total. The van der Waals surface area contributed by atoms with Gasteiger partial charge in [0, 0.05) is 73.5 Å². The molecule has 0 saturated carbocycles. The SMILES string of the molecule is c1ccc(-c2cc(-c3ccc(-n4c5ccccc5c5c6sc7ccccc7c6c6sc7ccccc7c6c54)cc3)nc(-c3ccccc3)n2)cc1. The largest absolute Gasteiger partial charge is 0.309 e. The molecule has 5 heteroatoms. The third-order valence-electron chi connectivity index (χ3n) is 10.0. The molecule has 0 fully saturated rings. The van der Waals surface area contributed by atoms with Crippen molar-refractivity contribution in [1.29, 1.82) is 0 Å². The van der Waals surface area contributed by atoms with Gasteiger partial charge in [0.05, 0.1) is 22.4 Å². The second-order valence-electron chi connectivity index (χ2n) is 12.9. The summed E-state index contributed by atoms with van der Waals surface area (Å²) in [6.45, 7) is 0. The van der Waals surface area contributed by atoms with Crippen molar-refractivity contribution in [2.75, 3.05) is 0 Å². The lowest BCUT2D eigenvalue weighted by Crippen LogP contribution is -1.97. The van der Waals surface area contributed by atoms with E-state index in [9.17, 15) is 0 Å². The Balaban J connectivity index is 1.18. The average Bonchev–Trinajstić information content (AvgIpc) is 3.88. The molecular weight excluding hydrogens is 659 g/mol. The lowest BCUT2D eigenvalue weighted by molar-refractivity contribution is 1.17. The number of hydrogen-bond donors (Lipinski definition) is 0. The summed E-state index contributed by atoms with van der Waals surface area (Å²) in [6, 6.07) is 58.3. The van der Waals surface area contributed by atoms with E-state index in [4.69, 9.17) is 9.97 Å². The van der Waals surface area contributed by atoms with Gasteiger partial charge in [0.25, 0.3) is 0 Å². The Morgan fingerprint density at radius 3 is 1.55 bits per heavy atom. The van der Waals surface area contributed by atoms with Crippen LogP contribution in [-0.4, -0.2) is 14.5 Å². The second kappa shape index (κ2) is 11.2. The summed E-state index contributed by atoms with van der Waals surface area (Å²) in [4.78, 5) is 10.1. The van der Waals surface area contributed by atoms with Crippen molar-refractivity contribution < 1.29 is 0 Å². The van der Waals surface area contributed by atoms with Gasteiger partial charge in [-0.2, -0.15) is 0 Å². The summed E-state index contributed by atoms with van der Waals surface area (Å²) >= 11 is 3.83. The van der Waals surface area contributed by atoms with Gasteiger partial charge < -0.3 is 4.57 Å². The van der Waals surface area contributed by atoms with E-state index in [1.54, 1.807) is 0 Å². The minimum absolute atomic E-state index is 0.720. The van der Waals surface area contributed by atoms with E-state index in [0.29, 0.717) is 0 Å². The number of aromatic nitrogens is 3. The topological polar surface area (TPSA) is 30.7 Å². The van der Waals surface area contributed by atoms with E-state index < -0.39 is 0 Å². The maximum Gasteiger partial charge on any atom is 0.160 e. The van der Waals surface area contributed by atoms with E-state index >= 15 is 0 Å². The van der Waals surface area contributed by atoms with Crippen LogP contribution in [-0.2, 0) is 0 Å². The van der Waals surface area contributed by atoms with Crippen LogP contribution in [0.2, 0.25) is 0 Å². The van der Waals surface area contributed by atoms with E-state index in [2.05, 4.69) is 144 Å². The fourth-order valence-corrected chi connectivity index (χ4v) is 10.3. The first-order chi connectivity index (χ1) is 25.3. The van der Waals surface area contributed by atoms with E-state index in [1.807, 2.05) is 46.9 Å². The quantitative estimate of drug-likeness (QED) is 0.185. The zero-order chi connectivity index (χ0) is 33.5. The Morgan fingerprint density at radius 2 is 0.902 bits per heavy atom. The number of thiophene rings is 2. The number of nitrogens with zero attached hydrogens (tertiary/aromatic N) is 3. The predicted molar refractivity (Wildman–Crippen MR) is 218 cm³/mol. The van der Waals surface area contributed by atoms with Crippen LogP contribution in [0, 0.1) is 0 Å². The van der Waals surface area contributed by atoms with Gasteiger partial charge in [0.15, 0.2) is 5.82 Å². The predicted octanol–water partition coefficient (Wildman–Crippen LogP) is 13.3. The summed E-state index contributed by atoms with van der Waals surface area (Å²) in [5, 5.41) is 7.97. The lowest BCUT2D eigenvalue weighted by Gasteiger charge is -2.12. The third kappa shape index (κ3) is 4.35. The van der Waals surface area contributed by atoms with Gasteiger partial charge in [0.2, 0.25) is 0 Å². The lowest BCUT2D eigenvalue weighted by atomic mass is 10.0. The molecule has 7 aromatic carbocycles. The number of hydrogen-bond acceptors (Lipinski definition) is 4. The number of rotatable bonds is 4. The fourth-order valence-electron chi connectivity index (χ4n) is 7.73. The van der Waals surface area contributed by atoms with Crippen LogP contribution in [0.4, 0.5) is 0 Å². The molecule has 0 aliphatic carbocycles. The van der Waals surface area contributed by atoms with Crippen LogP contribution in [0.5, 0.6) is 0 Å². The van der Waals surface area contributed by atoms with Crippen LogP contribution in [0.1, 0.15) is 0 Å². The molecule has 51 heavy (non-hydrogen) atoms. The van der Waals surface area contributed by atoms with Crippen molar-refractivity contribution in [3.63, 3.8) is 0 Å². The Bertz CT molecular complexity index is 3030. The molecule has 4 aromatic heterocycles. The van der Waals surface area contributed by atoms with Crippen LogP contribution in [0.3, 0.4) is 0 Å². The molecule has 0 aliphatic rings. The van der Waals surface area contributed by atoms with E-state index in [0.717, 1.165) is 39.6 Å². The molecule has 3 nitrogen and oxygen atoms in total. The zero-order valence-corrected chi connectivity index (χ0v) is 28.9. The first-order valence-electron chi connectivity index (χ1n) is 17.1. The monoisotopic (exact) mass is 685 g/mol. The van der Waals surface area contributed by atoms with Gasteiger partial charge in [-0.3, -0.25) is 0 Å². The van der Waals surface area contributed by atoms with Gasteiger partial charge in [-0.15, -0.1) is 22.7 Å². The summed E-state index contributed by atoms with van der Waals surface area (Å²) in [7, 11) is 0. The molecule has 0 aliphatic heterocycles. The Morgan fingerprint density at radius 1 is 0.412 bits per heavy atom. The minimum atomic E-state index is 0.720. The summed E-state index contributed by atoms with van der Waals surface area (Å²) in [5.74, 6) is 0.720. The number of fused-ring (bicyclic) bond motifs is 12. The molecule has 0 amide bonds. The van der Waals surface area contributed by atoms with Crippen LogP contribution < -0.4 is 0 Å². The fraction of sp³-hybridized carbons (Fsp3) is 0. The van der Waals surface area contributed by atoms with Gasteiger partial charge in [-0.25, -0.2) is 9.97 Å². The molecule has 238 valence electrons. The van der Waals surface area contributed by atoms with Gasteiger partial charge in [-0.05, 0) is 36.4 Å². The summed E-state index contributed by atoms with van der Waals surface area (Å²) < 4.78 is 7.86. The average molecular weight is 686 g/mol.